The molecule has 0 saturated heterocycles. The maximum Gasteiger partial charge on any atom is 0.339 e. The maximum atomic E-state index is 14.5. The number of nitro groups is 1. The Labute approximate surface area is 512 Å². The zero-order valence-electron chi connectivity index (χ0n) is 49.8. The van der Waals surface area contributed by atoms with Gasteiger partial charge in [-0.05, 0) is 113 Å². The number of nitrogens with zero attached hydrogens (tertiary/aromatic N) is 5. The van der Waals surface area contributed by atoms with Crippen LogP contribution in [-0.2, 0) is 12.0 Å². The van der Waals surface area contributed by atoms with E-state index in [1.54, 1.807) is 106 Å². The van der Waals surface area contributed by atoms with Crippen molar-refractivity contribution in [2.45, 2.75) is 117 Å². The van der Waals surface area contributed by atoms with Gasteiger partial charge >= 0.3 is 17.9 Å². The number of hydrogen-bond donors (Lipinski definition) is 7. The molecule has 0 radical (unpaired) electrons. The Bertz CT molecular complexity index is 4040. The summed E-state index contributed by atoms with van der Waals surface area (Å²) in [6.07, 6.45) is 14.5. The Kier molecular flexibility index (Phi) is 20.3. The van der Waals surface area contributed by atoms with Crippen molar-refractivity contribution in [2.24, 2.45) is 0 Å². The Hall–Kier alpha value is -10.6. The second kappa shape index (κ2) is 28.7. The fraction of sp³-hybridized carbons (Fsp3) is 0.284. The second-order valence-electron chi connectivity index (χ2n) is 22.5. The van der Waals surface area contributed by atoms with Crippen LogP contribution >= 0.6 is 0 Å². The molecule has 9 rings (SSSR count). The summed E-state index contributed by atoms with van der Waals surface area (Å²) < 4.78 is 19.2. The average molecular weight is 1210 g/mol. The number of carbonyl (C=O) groups is 4. The number of nitrogens with one attached hydrogen (secondary N) is 4. The molecule has 9 aromatic rings. The van der Waals surface area contributed by atoms with Crippen LogP contribution in [0.15, 0.2) is 143 Å². The second-order valence-corrected chi connectivity index (χ2v) is 22.5. The van der Waals surface area contributed by atoms with Crippen molar-refractivity contribution >= 4 is 91.6 Å². The lowest BCUT2D eigenvalue weighted by Crippen LogP contribution is -2.21. The number of ether oxygens (including phenoxy) is 2. The number of aromatic nitrogens is 4. The van der Waals surface area contributed by atoms with Crippen molar-refractivity contribution in [2.75, 3.05) is 27.9 Å². The lowest BCUT2D eigenvalue weighted by atomic mass is 9.91. The van der Waals surface area contributed by atoms with E-state index in [1.165, 1.54) is 100 Å². The van der Waals surface area contributed by atoms with Crippen LogP contribution in [-0.4, -0.2) is 70.4 Å². The number of carboxylic acid groups (broad SMARTS) is 3. The van der Waals surface area contributed by atoms with E-state index in [0.717, 1.165) is 40.8 Å². The highest BCUT2D eigenvalue weighted by Crippen LogP contribution is 2.34. The highest BCUT2D eigenvalue weighted by atomic mass is 16.6. The average Bonchev–Trinajstić information content (AvgIpc) is 1.76. The summed E-state index contributed by atoms with van der Waals surface area (Å²) in [5, 5.41) is 57.2. The zero-order valence-corrected chi connectivity index (χ0v) is 49.8. The van der Waals surface area contributed by atoms with Gasteiger partial charge in [-0.2, -0.15) is 15.0 Å². The number of aromatic carboxylic acids is 3. The van der Waals surface area contributed by atoms with Crippen LogP contribution in [0.1, 0.15) is 158 Å². The standard InChI is InChI=1S/C67H69N9O13/c1-5-6-7-8-9-10-11-12-13-14-15-18-33-87-56-20-17-16-19-53(56)71-59(77)45-27-32-54(55(38-45)76(85)86)75-60(78)52(58(89-75)67(2,3)4)40-88-57-39-50(30-31-51(57)63(83)84)70-66-73-64(68-48-28-25-41-34-46(61(79)80)23-21-43(41)36-48)72-65(74-66)69-49-29-26-42-35-47(62(81)82)24-22-44(42)37-49/h16-17,19-32,34-39H,5-15,18,33,40H2,1-4H3,(H,71,77)(H,79,80)(H,81,82)(H,83,84)(H3,68,69,70,72,73,74). The minimum atomic E-state index is -1.36. The molecule has 0 fully saturated rings. The molecule has 2 heterocycles. The quantitative estimate of drug-likeness (QED) is 0.0125. The molecule has 0 aliphatic heterocycles. The number of para-hydroxylation sites is 2. The summed E-state index contributed by atoms with van der Waals surface area (Å²) >= 11 is 0. The molecule has 0 saturated carbocycles. The monoisotopic (exact) mass is 1210 g/mol. The van der Waals surface area contributed by atoms with Crippen LogP contribution in [0, 0.1) is 10.1 Å². The smallest absolute Gasteiger partial charge is 0.339 e. The largest absolute Gasteiger partial charge is 0.491 e. The molecule has 22 heteroatoms. The number of hydrogen-bond acceptors (Lipinski definition) is 16. The molecule has 0 aliphatic rings. The molecular formula is C67H69N9O13. The van der Waals surface area contributed by atoms with Crippen molar-refractivity contribution in [1.82, 2.24) is 19.7 Å². The van der Waals surface area contributed by atoms with E-state index in [9.17, 15) is 49.4 Å². The third-order valence-electron chi connectivity index (χ3n) is 14.8. The lowest BCUT2D eigenvalue weighted by Gasteiger charge is -2.17. The highest BCUT2D eigenvalue weighted by molar-refractivity contribution is 6.06. The predicted octanol–water partition coefficient (Wildman–Crippen LogP) is 15.4. The van der Waals surface area contributed by atoms with E-state index < -0.39 is 52.0 Å². The number of amides is 1. The first kappa shape index (κ1) is 62.9. The fourth-order valence-corrected chi connectivity index (χ4v) is 10.2. The Balaban J connectivity index is 0.923. The predicted molar refractivity (Wildman–Crippen MR) is 340 cm³/mol. The van der Waals surface area contributed by atoms with Gasteiger partial charge in [0, 0.05) is 40.2 Å². The molecule has 460 valence electrons. The van der Waals surface area contributed by atoms with Gasteiger partial charge in [-0.15, -0.1) is 4.74 Å². The number of fused-ring (bicyclic) bond motifs is 2. The first-order chi connectivity index (χ1) is 42.8. The molecule has 0 aliphatic carbocycles. The molecule has 22 nitrogen and oxygen atoms in total. The summed E-state index contributed by atoms with van der Waals surface area (Å²) in [4.78, 5) is 90.1. The fourth-order valence-electron chi connectivity index (χ4n) is 10.2. The van der Waals surface area contributed by atoms with Gasteiger partial charge < -0.3 is 50.6 Å². The Morgan fingerprint density at radius 1 is 0.573 bits per heavy atom. The molecule has 0 bridgehead atoms. The van der Waals surface area contributed by atoms with Crippen molar-refractivity contribution in [1.29, 1.82) is 0 Å². The number of unbranched alkanes of at least 4 members (excludes halogenated alkanes) is 11. The SMILES string of the molecule is CCCCCCCCCCCCCCOc1ccccc1NC(=O)c1ccc(-n2oc(C(C)(C)C)c(COc3cc(Nc4nc(Nc5ccc6cc(C(=O)O)ccc6c5)nc(Nc5ccc6cc(C(=O)O)ccc6c5)n4)ccc3C(=O)O)c2=O)c([N+](=O)[O-])c1. The highest BCUT2D eigenvalue weighted by Gasteiger charge is 2.32. The summed E-state index contributed by atoms with van der Waals surface area (Å²) in [6.45, 7) is 7.38. The molecule has 0 spiro atoms. The first-order valence-corrected chi connectivity index (χ1v) is 29.5. The number of carbonyl (C=O) groups excluding carboxylic acids is 1. The third kappa shape index (κ3) is 16.3. The van der Waals surface area contributed by atoms with Crippen LogP contribution in [0.5, 0.6) is 11.5 Å². The minimum Gasteiger partial charge on any atom is -0.491 e. The van der Waals surface area contributed by atoms with E-state index in [1.807, 2.05) is 0 Å². The zero-order chi connectivity index (χ0) is 63.2. The minimum absolute atomic E-state index is 0.0327. The molecule has 2 aromatic heterocycles. The van der Waals surface area contributed by atoms with E-state index >= 15 is 0 Å². The van der Waals surface area contributed by atoms with Crippen LogP contribution in [0.4, 0.5) is 46.3 Å². The molecule has 7 N–H and O–H groups in total. The van der Waals surface area contributed by atoms with E-state index in [-0.39, 0.29) is 68.5 Å². The van der Waals surface area contributed by atoms with E-state index in [0.29, 0.717) is 40.2 Å². The van der Waals surface area contributed by atoms with Gasteiger partial charge in [-0.25, -0.2) is 14.4 Å². The van der Waals surface area contributed by atoms with Gasteiger partial charge in [0.1, 0.15) is 23.7 Å². The molecule has 7 aromatic carbocycles. The Morgan fingerprint density at radius 3 is 1.60 bits per heavy atom. The number of nitro benzene ring substituents is 1. The van der Waals surface area contributed by atoms with Crippen molar-refractivity contribution < 1.29 is 53.4 Å². The first-order valence-electron chi connectivity index (χ1n) is 29.5. The van der Waals surface area contributed by atoms with E-state index in [4.69, 9.17) is 14.0 Å². The molecular weight excluding hydrogens is 1140 g/mol. The maximum absolute atomic E-state index is 14.5. The summed E-state index contributed by atoms with van der Waals surface area (Å²) in [6, 6.07) is 34.6. The third-order valence-corrected chi connectivity index (χ3v) is 14.8. The van der Waals surface area contributed by atoms with Crippen molar-refractivity contribution in [3.63, 3.8) is 0 Å². The van der Waals surface area contributed by atoms with E-state index in [2.05, 4.69) is 43.1 Å². The Morgan fingerprint density at radius 2 is 1.07 bits per heavy atom. The van der Waals surface area contributed by atoms with Gasteiger partial charge in [0.25, 0.3) is 17.2 Å². The molecule has 0 unspecified atom stereocenters. The topological polar surface area (TPSA) is 312 Å². The van der Waals surface area contributed by atoms with Crippen molar-refractivity contribution in [3.8, 4) is 17.2 Å². The molecule has 89 heavy (non-hydrogen) atoms. The normalized spacial score (nSPS) is 11.3. The van der Waals surface area contributed by atoms with Crippen LogP contribution < -0.4 is 36.3 Å². The molecule has 0 atom stereocenters. The number of rotatable bonds is 30. The number of carboxylic acids is 3. The summed E-state index contributed by atoms with van der Waals surface area (Å²) in [5.74, 6) is -3.73. The van der Waals surface area contributed by atoms with Crippen LogP contribution in [0.25, 0.3) is 27.2 Å². The summed E-state index contributed by atoms with van der Waals surface area (Å²) in [5.41, 5.74) is -1.10. The van der Waals surface area contributed by atoms with Gasteiger partial charge in [0.05, 0.1) is 33.9 Å². The van der Waals surface area contributed by atoms with Gasteiger partial charge in [0.2, 0.25) is 17.8 Å². The summed E-state index contributed by atoms with van der Waals surface area (Å²) in [7, 11) is 0. The van der Waals surface area contributed by atoms with Crippen LogP contribution in [0.3, 0.4) is 0 Å². The van der Waals surface area contributed by atoms with Crippen LogP contribution in [0.2, 0.25) is 0 Å². The van der Waals surface area contributed by atoms with Crippen molar-refractivity contribution in [3.05, 3.63) is 188 Å². The molecule has 1 amide bonds. The number of benzene rings is 7. The number of anilines is 7. The van der Waals surface area contributed by atoms with Gasteiger partial charge in [-0.3, -0.25) is 19.7 Å². The lowest BCUT2D eigenvalue weighted by molar-refractivity contribution is -0.384. The van der Waals surface area contributed by atoms with Gasteiger partial charge in [0.15, 0.2) is 11.4 Å². The van der Waals surface area contributed by atoms with Gasteiger partial charge in [-0.1, -0.05) is 135 Å².